The van der Waals surface area contributed by atoms with Crippen LogP contribution in [0.25, 0.3) is 11.1 Å². The van der Waals surface area contributed by atoms with Crippen molar-refractivity contribution in [3.05, 3.63) is 59.7 Å². The molecule has 10 heteroatoms. The number of hydrogen-bond donors (Lipinski definition) is 3. The Labute approximate surface area is 187 Å². The quantitative estimate of drug-likeness (QED) is 0.551. The highest BCUT2D eigenvalue weighted by molar-refractivity contribution is 5.86. The third-order valence-corrected chi connectivity index (χ3v) is 5.45. The fourth-order valence-corrected chi connectivity index (χ4v) is 3.71. The normalized spacial score (nSPS) is 14.5. The average molecular weight is 464 g/mol. The van der Waals surface area contributed by atoms with Crippen molar-refractivity contribution in [3.8, 4) is 11.1 Å². The number of ether oxygens (including phenoxy) is 1. The topological polar surface area (TPSA) is 105 Å². The Balaban J connectivity index is 1.67. The molecule has 0 saturated carbocycles. The Bertz CT molecular complexity index is 995. The van der Waals surface area contributed by atoms with E-state index < -0.39 is 49.1 Å². The first-order valence-corrected chi connectivity index (χ1v) is 10.3. The van der Waals surface area contributed by atoms with Gasteiger partial charge >= 0.3 is 18.2 Å². The number of carbonyl (C=O) groups excluding carboxylic acids is 2. The smallest absolute Gasteiger partial charge is 0.408 e. The first-order valence-electron chi connectivity index (χ1n) is 10.3. The molecule has 0 saturated heterocycles. The van der Waals surface area contributed by atoms with Gasteiger partial charge in [0.25, 0.3) is 0 Å². The van der Waals surface area contributed by atoms with Gasteiger partial charge in [-0.05, 0) is 35.6 Å². The molecule has 0 aromatic heterocycles. The van der Waals surface area contributed by atoms with Crippen LogP contribution < -0.4 is 10.6 Å². The lowest BCUT2D eigenvalue weighted by Crippen LogP contribution is -2.52. The minimum atomic E-state index is -4.68. The summed E-state index contributed by atoms with van der Waals surface area (Å²) in [5, 5.41) is 12.8. The molecule has 0 aliphatic heterocycles. The van der Waals surface area contributed by atoms with E-state index in [2.05, 4.69) is 5.32 Å². The van der Waals surface area contributed by atoms with E-state index in [-0.39, 0.29) is 12.5 Å². The third kappa shape index (κ3) is 5.82. The molecule has 2 atom stereocenters. The molecule has 2 amide bonds. The molecular formula is C23H23F3N2O5. The van der Waals surface area contributed by atoms with E-state index in [0.29, 0.717) is 0 Å². The number of amides is 2. The highest BCUT2D eigenvalue weighted by atomic mass is 19.4. The van der Waals surface area contributed by atoms with Crippen molar-refractivity contribution in [1.82, 2.24) is 10.6 Å². The van der Waals surface area contributed by atoms with Crippen LogP contribution in [-0.2, 0) is 14.3 Å². The standard InChI is InChI=1S/C23H23F3N2O5/c1-13(23(24,25)26)27-21(31)19(10-11-20(29)30)28-22(32)33-12-18-16-8-4-2-6-14(16)15-7-3-5-9-17(15)18/h2-9,13,18-19H,10-12H2,1H3,(H,27,31)(H,28,32)(H,29,30). The van der Waals surface area contributed by atoms with Crippen molar-refractivity contribution in [2.24, 2.45) is 0 Å². The minimum Gasteiger partial charge on any atom is -0.481 e. The number of fused-ring (bicyclic) bond motifs is 3. The SMILES string of the molecule is CC(NC(=O)C(CCC(=O)O)NC(=O)OCC1c2ccccc2-c2ccccc21)C(F)(F)F. The van der Waals surface area contributed by atoms with Crippen molar-refractivity contribution in [1.29, 1.82) is 0 Å². The van der Waals surface area contributed by atoms with Gasteiger partial charge in [0.1, 0.15) is 18.7 Å². The summed E-state index contributed by atoms with van der Waals surface area (Å²) in [4.78, 5) is 35.5. The van der Waals surface area contributed by atoms with Gasteiger partial charge in [-0.25, -0.2) is 4.79 Å². The molecule has 2 aromatic rings. The second kappa shape index (κ2) is 9.93. The average Bonchev–Trinajstić information content (AvgIpc) is 3.08. The van der Waals surface area contributed by atoms with E-state index in [1.165, 1.54) is 0 Å². The van der Waals surface area contributed by atoms with Gasteiger partial charge in [0.15, 0.2) is 0 Å². The van der Waals surface area contributed by atoms with Crippen LogP contribution in [0.2, 0.25) is 0 Å². The maximum absolute atomic E-state index is 12.8. The highest BCUT2D eigenvalue weighted by Gasteiger charge is 2.38. The van der Waals surface area contributed by atoms with Crippen LogP contribution in [0.1, 0.15) is 36.8 Å². The van der Waals surface area contributed by atoms with E-state index in [1.54, 1.807) is 5.32 Å². The number of alkyl halides is 3. The zero-order chi connectivity index (χ0) is 24.2. The lowest BCUT2D eigenvalue weighted by molar-refractivity contribution is -0.158. The van der Waals surface area contributed by atoms with E-state index in [0.717, 1.165) is 29.2 Å². The Morgan fingerprint density at radius 2 is 1.55 bits per heavy atom. The van der Waals surface area contributed by atoms with Gasteiger partial charge in [-0.1, -0.05) is 48.5 Å². The molecule has 0 bridgehead atoms. The molecule has 1 aliphatic carbocycles. The van der Waals surface area contributed by atoms with Crippen LogP contribution in [0.4, 0.5) is 18.0 Å². The Hall–Kier alpha value is -3.56. The molecule has 0 heterocycles. The molecule has 0 radical (unpaired) electrons. The molecule has 0 spiro atoms. The maximum Gasteiger partial charge on any atom is 0.408 e. The number of carbonyl (C=O) groups is 3. The first-order chi connectivity index (χ1) is 15.6. The number of carboxylic acids is 1. The molecule has 0 fully saturated rings. The molecule has 2 aromatic carbocycles. The molecule has 3 rings (SSSR count). The van der Waals surface area contributed by atoms with Gasteiger partial charge in [0.05, 0.1) is 0 Å². The van der Waals surface area contributed by atoms with Gasteiger partial charge in [-0.2, -0.15) is 13.2 Å². The molecule has 7 nitrogen and oxygen atoms in total. The van der Waals surface area contributed by atoms with Gasteiger partial charge in [-0.15, -0.1) is 0 Å². The number of benzene rings is 2. The lowest BCUT2D eigenvalue weighted by atomic mass is 9.98. The van der Waals surface area contributed by atoms with Crippen molar-refractivity contribution in [2.45, 2.75) is 43.9 Å². The number of alkyl carbamates (subject to hydrolysis) is 1. The van der Waals surface area contributed by atoms with E-state index >= 15 is 0 Å². The number of nitrogens with one attached hydrogen (secondary N) is 2. The van der Waals surface area contributed by atoms with E-state index in [1.807, 2.05) is 48.5 Å². The summed E-state index contributed by atoms with van der Waals surface area (Å²) in [7, 11) is 0. The number of carboxylic acid groups (broad SMARTS) is 1. The summed E-state index contributed by atoms with van der Waals surface area (Å²) >= 11 is 0. The predicted octanol–water partition coefficient (Wildman–Crippen LogP) is 3.83. The number of aliphatic carboxylic acids is 1. The van der Waals surface area contributed by atoms with E-state index in [4.69, 9.17) is 9.84 Å². The van der Waals surface area contributed by atoms with Gasteiger partial charge < -0.3 is 20.5 Å². The molecule has 1 aliphatic rings. The minimum absolute atomic E-state index is 0.0634. The van der Waals surface area contributed by atoms with Crippen LogP contribution in [0.5, 0.6) is 0 Å². The molecular weight excluding hydrogens is 441 g/mol. The van der Waals surface area contributed by atoms with Crippen LogP contribution in [-0.4, -0.2) is 47.9 Å². The summed E-state index contributed by atoms with van der Waals surface area (Å²) in [6, 6.07) is 11.6. The monoisotopic (exact) mass is 464 g/mol. The predicted molar refractivity (Wildman–Crippen MR) is 113 cm³/mol. The molecule has 33 heavy (non-hydrogen) atoms. The zero-order valence-corrected chi connectivity index (χ0v) is 17.7. The third-order valence-electron chi connectivity index (χ3n) is 5.45. The summed E-state index contributed by atoms with van der Waals surface area (Å²) in [5.74, 6) is -2.65. The van der Waals surface area contributed by atoms with Crippen LogP contribution >= 0.6 is 0 Å². The van der Waals surface area contributed by atoms with Crippen LogP contribution in [0.3, 0.4) is 0 Å². The number of halogens is 3. The van der Waals surface area contributed by atoms with Gasteiger partial charge in [0, 0.05) is 12.3 Å². The molecule has 176 valence electrons. The molecule has 2 unspecified atom stereocenters. The number of hydrogen-bond acceptors (Lipinski definition) is 4. The van der Waals surface area contributed by atoms with Crippen molar-refractivity contribution < 1.29 is 37.4 Å². The largest absolute Gasteiger partial charge is 0.481 e. The van der Waals surface area contributed by atoms with Crippen molar-refractivity contribution >= 4 is 18.0 Å². The summed E-state index contributed by atoms with van der Waals surface area (Å²) in [6.07, 6.45) is -6.63. The summed E-state index contributed by atoms with van der Waals surface area (Å²) < 4.78 is 43.6. The second-order valence-electron chi connectivity index (χ2n) is 7.73. The van der Waals surface area contributed by atoms with E-state index in [9.17, 15) is 27.6 Å². The Morgan fingerprint density at radius 3 is 2.06 bits per heavy atom. The van der Waals surface area contributed by atoms with Gasteiger partial charge in [-0.3, -0.25) is 9.59 Å². The van der Waals surface area contributed by atoms with Gasteiger partial charge in [0.2, 0.25) is 5.91 Å². The fraction of sp³-hybridized carbons (Fsp3) is 0.348. The second-order valence-corrected chi connectivity index (χ2v) is 7.73. The lowest BCUT2D eigenvalue weighted by Gasteiger charge is -2.22. The van der Waals surface area contributed by atoms with Crippen LogP contribution in [0, 0.1) is 0 Å². The summed E-state index contributed by atoms with van der Waals surface area (Å²) in [6.45, 7) is 0.686. The number of rotatable bonds is 8. The summed E-state index contributed by atoms with van der Waals surface area (Å²) in [5.41, 5.74) is 3.96. The zero-order valence-electron chi connectivity index (χ0n) is 17.7. The Morgan fingerprint density at radius 1 is 1.00 bits per heavy atom. The van der Waals surface area contributed by atoms with Crippen molar-refractivity contribution in [2.75, 3.05) is 6.61 Å². The highest BCUT2D eigenvalue weighted by Crippen LogP contribution is 2.44. The van der Waals surface area contributed by atoms with Crippen molar-refractivity contribution in [3.63, 3.8) is 0 Å². The van der Waals surface area contributed by atoms with Crippen LogP contribution in [0.15, 0.2) is 48.5 Å². The maximum atomic E-state index is 12.8. The molecule has 3 N–H and O–H groups in total. The first kappa shape index (κ1) is 24.1. The fourth-order valence-electron chi connectivity index (χ4n) is 3.71. The Kier molecular flexibility index (Phi) is 7.25.